The standard InChI is InChI=1S/C9H7FN2O3/c1-15-6-3-4(10)2-5-7(6)8(9(13)14)12-11-5/h2-3H,1H3,(H,11,12)(H,13,14). The van der Waals surface area contributed by atoms with Gasteiger partial charge in [-0.3, -0.25) is 5.10 Å². The maximum Gasteiger partial charge on any atom is 0.357 e. The minimum atomic E-state index is -1.19. The number of hydrogen-bond donors (Lipinski definition) is 2. The van der Waals surface area contributed by atoms with Crippen LogP contribution in [0.2, 0.25) is 0 Å². The molecule has 15 heavy (non-hydrogen) atoms. The first-order valence-electron chi connectivity index (χ1n) is 4.08. The van der Waals surface area contributed by atoms with Crippen molar-refractivity contribution in [3.63, 3.8) is 0 Å². The number of carboxylic acids is 1. The molecular formula is C9H7FN2O3. The number of carboxylic acid groups (broad SMARTS) is 1. The second-order valence-corrected chi connectivity index (χ2v) is 2.91. The second kappa shape index (κ2) is 3.23. The maximum absolute atomic E-state index is 13.0. The van der Waals surface area contributed by atoms with Gasteiger partial charge in [0.1, 0.15) is 11.6 Å². The molecule has 78 valence electrons. The molecule has 0 saturated carbocycles. The van der Waals surface area contributed by atoms with Crippen LogP contribution >= 0.6 is 0 Å². The van der Waals surface area contributed by atoms with Crippen molar-refractivity contribution in [1.29, 1.82) is 0 Å². The van der Waals surface area contributed by atoms with Crippen LogP contribution in [0.25, 0.3) is 10.9 Å². The molecule has 2 N–H and O–H groups in total. The van der Waals surface area contributed by atoms with Crippen LogP contribution in [0.5, 0.6) is 5.75 Å². The molecule has 0 atom stereocenters. The van der Waals surface area contributed by atoms with Gasteiger partial charge in [0.2, 0.25) is 0 Å². The Morgan fingerprint density at radius 1 is 1.60 bits per heavy atom. The van der Waals surface area contributed by atoms with Gasteiger partial charge >= 0.3 is 5.97 Å². The summed E-state index contributed by atoms with van der Waals surface area (Å²) in [7, 11) is 1.34. The van der Waals surface area contributed by atoms with Crippen LogP contribution < -0.4 is 4.74 Å². The smallest absolute Gasteiger partial charge is 0.357 e. The van der Waals surface area contributed by atoms with E-state index >= 15 is 0 Å². The number of hydrogen-bond acceptors (Lipinski definition) is 3. The number of aromatic nitrogens is 2. The van der Waals surface area contributed by atoms with E-state index in [1.54, 1.807) is 0 Å². The van der Waals surface area contributed by atoms with E-state index in [2.05, 4.69) is 10.2 Å². The highest BCUT2D eigenvalue weighted by atomic mass is 19.1. The zero-order valence-electron chi connectivity index (χ0n) is 7.74. The summed E-state index contributed by atoms with van der Waals surface area (Å²) in [5, 5.41) is 15.1. The molecule has 2 rings (SSSR count). The van der Waals surface area contributed by atoms with E-state index in [0.717, 1.165) is 12.1 Å². The van der Waals surface area contributed by atoms with Crippen molar-refractivity contribution in [2.75, 3.05) is 7.11 Å². The van der Waals surface area contributed by atoms with Gasteiger partial charge in [-0.15, -0.1) is 0 Å². The lowest BCUT2D eigenvalue weighted by atomic mass is 10.2. The van der Waals surface area contributed by atoms with Crippen LogP contribution in [0.15, 0.2) is 12.1 Å². The largest absolute Gasteiger partial charge is 0.496 e. The zero-order valence-corrected chi connectivity index (χ0v) is 7.74. The summed E-state index contributed by atoms with van der Waals surface area (Å²) in [6, 6.07) is 2.28. The van der Waals surface area contributed by atoms with Gasteiger partial charge in [0.15, 0.2) is 5.69 Å². The van der Waals surface area contributed by atoms with E-state index in [9.17, 15) is 9.18 Å². The topological polar surface area (TPSA) is 75.2 Å². The van der Waals surface area contributed by atoms with Gasteiger partial charge in [-0.05, 0) is 6.07 Å². The number of methoxy groups -OCH3 is 1. The number of nitrogens with zero attached hydrogens (tertiary/aromatic N) is 1. The second-order valence-electron chi connectivity index (χ2n) is 2.91. The molecule has 0 aliphatic rings. The third-order valence-electron chi connectivity index (χ3n) is 2.01. The molecule has 5 nitrogen and oxygen atoms in total. The highest BCUT2D eigenvalue weighted by Crippen LogP contribution is 2.28. The first-order valence-corrected chi connectivity index (χ1v) is 4.08. The number of carbonyl (C=O) groups is 1. The number of rotatable bonds is 2. The lowest BCUT2D eigenvalue weighted by molar-refractivity contribution is 0.0692. The molecule has 1 aromatic heterocycles. The molecule has 2 aromatic rings. The zero-order chi connectivity index (χ0) is 11.0. The average Bonchev–Trinajstić information content (AvgIpc) is 2.59. The van der Waals surface area contributed by atoms with Crippen molar-refractivity contribution in [1.82, 2.24) is 10.2 Å². The van der Waals surface area contributed by atoms with Crippen LogP contribution in [-0.2, 0) is 0 Å². The fraction of sp³-hybridized carbons (Fsp3) is 0.111. The Morgan fingerprint density at radius 3 is 2.93 bits per heavy atom. The van der Waals surface area contributed by atoms with Crippen molar-refractivity contribution < 1.29 is 19.0 Å². The molecule has 1 aromatic carbocycles. The Hall–Kier alpha value is -2.11. The number of ether oxygens (including phenoxy) is 1. The lowest BCUT2D eigenvalue weighted by Crippen LogP contribution is -1.98. The summed E-state index contributed by atoms with van der Waals surface area (Å²) in [5.74, 6) is -1.55. The molecule has 1 heterocycles. The van der Waals surface area contributed by atoms with Crippen molar-refractivity contribution in [3.8, 4) is 5.75 Å². The third-order valence-corrected chi connectivity index (χ3v) is 2.01. The van der Waals surface area contributed by atoms with E-state index < -0.39 is 11.8 Å². The quantitative estimate of drug-likeness (QED) is 0.785. The fourth-order valence-electron chi connectivity index (χ4n) is 1.40. The van der Waals surface area contributed by atoms with Gasteiger partial charge in [-0.2, -0.15) is 5.10 Å². The highest BCUT2D eigenvalue weighted by molar-refractivity contribution is 6.03. The average molecular weight is 210 g/mol. The summed E-state index contributed by atoms with van der Waals surface area (Å²) in [6.45, 7) is 0. The Labute approximate surface area is 83.5 Å². The molecule has 0 aliphatic heterocycles. The van der Waals surface area contributed by atoms with Gasteiger partial charge < -0.3 is 9.84 Å². The van der Waals surface area contributed by atoms with Crippen LogP contribution in [0.4, 0.5) is 4.39 Å². The summed E-state index contributed by atoms with van der Waals surface area (Å²) >= 11 is 0. The van der Waals surface area contributed by atoms with Crippen LogP contribution in [0.1, 0.15) is 10.5 Å². The highest BCUT2D eigenvalue weighted by Gasteiger charge is 2.17. The summed E-state index contributed by atoms with van der Waals surface area (Å²) in [6.07, 6.45) is 0. The van der Waals surface area contributed by atoms with E-state index in [-0.39, 0.29) is 16.8 Å². The predicted octanol–water partition coefficient (Wildman–Crippen LogP) is 1.41. The van der Waals surface area contributed by atoms with Crippen molar-refractivity contribution >= 4 is 16.9 Å². The Balaban J connectivity index is 2.83. The number of halogens is 1. The predicted molar refractivity (Wildman–Crippen MR) is 49.6 cm³/mol. The SMILES string of the molecule is COc1cc(F)cc2[nH]nc(C(=O)O)c12. The van der Waals surface area contributed by atoms with Crippen molar-refractivity contribution in [2.24, 2.45) is 0 Å². The fourth-order valence-corrected chi connectivity index (χ4v) is 1.40. The van der Waals surface area contributed by atoms with Gasteiger partial charge in [-0.1, -0.05) is 0 Å². The van der Waals surface area contributed by atoms with Gasteiger partial charge in [0, 0.05) is 6.07 Å². The van der Waals surface area contributed by atoms with Crippen LogP contribution in [0, 0.1) is 5.82 Å². The number of nitrogens with one attached hydrogen (secondary N) is 1. The monoisotopic (exact) mass is 210 g/mol. The lowest BCUT2D eigenvalue weighted by Gasteiger charge is -2.01. The summed E-state index contributed by atoms with van der Waals surface area (Å²) < 4.78 is 17.9. The molecule has 0 spiro atoms. The van der Waals surface area contributed by atoms with Gasteiger partial charge in [0.05, 0.1) is 18.0 Å². The summed E-state index contributed by atoms with van der Waals surface area (Å²) in [4.78, 5) is 10.8. The maximum atomic E-state index is 13.0. The minimum absolute atomic E-state index is 0.149. The molecular weight excluding hydrogens is 203 g/mol. The van der Waals surface area contributed by atoms with Crippen LogP contribution in [-0.4, -0.2) is 28.4 Å². The summed E-state index contributed by atoms with van der Waals surface area (Å²) in [5.41, 5.74) is 0.117. The Kier molecular flexibility index (Phi) is 2.03. The first-order chi connectivity index (χ1) is 7.13. The third kappa shape index (κ3) is 1.39. The first kappa shape index (κ1) is 9.45. The number of aromatic carboxylic acids is 1. The van der Waals surface area contributed by atoms with Gasteiger partial charge in [0.25, 0.3) is 0 Å². The normalized spacial score (nSPS) is 10.5. The molecule has 0 unspecified atom stereocenters. The van der Waals surface area contributed by atoms with Gasteiger partial charge in [-0.25, -0.2) is 9.18 Å². The Morgan fingerprint density at radius 2 is 2.33 bits per heavy atom. The number of H-pyrrole nitrogens is 1. The Bertz CT molecular complexity index is 535. The van der Waals surface area contributed by atoms with E-state index in [1.807, 2.05) is 0 Å². The van der Waals surface area contributed by atoms with E-state index in [4.69, 9.17) is 9.84 Å². The molecule has 0 bridgehead atoms. The molecule has 0 amide bonds. The van der Waals surface area contributed by atoms with Crippen molar-refractivity contribution in [3.05, 3.63) is 23.6 Å². The number of aromatic amines is 1. The molecule has 0 fully saturated rings. The van der Waals surface area contributed by atoms with E-state index in [1.165, 1.54) is 7.11 Å². The molecule has 0 aliphatic carbocycles. The minimum Gasteiger partial charge on any atom is -0.496 e. The number of fused-ring (bicyclic) bond motifs is 1. The van der Waals surface area contributed by atoms with Crippen molar-refractivity contribution in [2.45, 2.75) is 0 Å². The number of benzene rings is 1. The van der Waals surface area contributed by atoms with Crippen LogP contribution in [0.3, 0.4) is 0 Å². The molecule has 6 heteroatoms. The molecule has 0 radical (unpaired) electrons. The molecule has 0 saturated heterocycles. The van der Waals surface area contributed by atoms with E-state index in [0.29, 0.717) is 5.52 Å².